The van der Waals surface area contributed by atoms with Gasteiger partial charge in [0.15, 0.2) is 6.61 Å². The molecule has 3 aromatic rings. The van der Waals surface area contributed by atoms with Crippen molar-refractivity contribution in [3.05, 3.63) is 87.4 Å². The van der Waals surface area contributed by atoms with E-state index in [4.69, 9.17) is 16.3 Å². The third-order valence-electron chi connectivity index (χ3n) is 4.55. The molecule has 0 aromatic heterocycles. The molecule has 7 heteroatoms. The van der Waals surface area contributed by atoms with Crippen molar-refractivity contribution in [1.29, 1.82) is 0 Å². The van der Waals surface area contributed by atoms with E-state index in [1.807, 2.05) is 18.2 Å². The molecule has 1 N–H and O–H groups in total. The first-order valence-electron chi connectivity index (χ1n) is 8.89. The molecule has 29 heavy (non-hydrogen) atoms. The van der Waals surface area contributed by atoms with Crippen LogP contribution in [0.15, 0.2) is 71.2 Å². The number of carbonyl (C=O) groups excluding carboxylic acids is 2. The summed E-state index contributed by atoms with van der Waals surface area (Å²) in [5, 5.41) is 3.46. The van der Waals surface area contributed by atoms with Crippen molar-refractivity contribution < 1.29 is 14.3 Å². The molecule has 0 spiro atoms. The van der Waals surface area contributed by atoms with Gasteiger partial charge in [0.25, 0.3) is 11.8 Å². The highest BCUT2D eigenvalue weighted by atomic mass is 79.9. The van der Waals surface area contributed by atoms with Crippen LogP contribution < -0.4 is 15.0 Å². The predicted octanol–water partition coefficient (Wildman–Crippen LogP) is 5.28. The Morgan fingerprint density at radius 3 is 2.62 bits per heavy atom. The molecule has 0 unspecified atom stereocenters. The highest BCUT2D eigenvalue weighted by Crippen LogP contribution is 2.36. The summed E-state index contributed by atoms with van der Waals surface area (Å²) in [6.07, 6.45) is 0. The minimum atomic E-state index is -0.238. The lowest BCUT2D eigenvalue weighted by Crippen LogP contribution is -2.38. The zero-order valence-corrected chi connectivity index (χ0v) is 17.5. The fraction of sp³-hybridized carbons (Fsp3) is 0.0909. The summed E-state index contributed by atoms with van der Waals surface area (Å²) in [5.74, 6) is 0.172. The Balaban J connectivity index is 1.61. The van der Waals surface area contributed by atoms with Crippen LogP contribution in [-0.4, -0.2) is 18.4 Å². The normalized spacial score (nSPS) is 12.9. The van der Waals surface area contributed by atoms with Crippen molar-refractivity contribution in [3.8, 4) is 5.75 Å². The van der Waals surface area contributed by atoms with Gasteiger partial charge in [-0.05, 0) is 54.1 Å². The van der Waals surface area contributed by atoms with Crippen LogP contribution in [0.25, 0.3) is 0 Å². The fourth-order valence-electron chi connectivity index (χ4n) is 3.05. The number of halogens is 2. The van der Waals surface area contributed by atoms with E-state index in [0.717, 1.165) is 10.0 Å². The van der Waals surface area contributed by atoms with Crippen LogP contribution in [0.2, 0.25) is 5.02 Å². The molecular weight excluding hydrogens is 456 g/mol. The topological polar surface area (TPSA) is 58.6 Å². The summed E-state index contributed by atoms with van der Waals surface area (Å²) in [7, 11) is 0. The summed E-state index contributed by atoms with van der Waals surface area (Å²) in [4.78, 5) is 26.7. The van der Waals surface area contributed by atoms with Crippen LogP contribution in [0.4, 0.5) is 11.4 Å². The van der Waals surface area contributed by atoms with Crippen molar-refractivity contribution in [2.75, 3.05) is 16.8 Å². The maximum Gasteiger partial charge on any atom is 0.265 e. The molecule has 4 rings (SSSR count). The Morgan fingerprint density at radius 1 is 1.10 bits per heavy atom. The molecule has 0 bridgehead atoms. The minimum absolute atomic E-state index is 0.0396. The highest BCUT2D eigenvalue weighted by Gasteiger charge is 2.26. The minimum Gasteiger partial charge on any atom is -0.482 e. The molecule has 1 heterocycles. The van der Waals surface area contributed by atoms with Gasteiger partial charge in [-0.3, -0.25) is 9.59 Å². The second kappa shape index (κ2) is 8.27. The fourth-order valence-corrected chi connectivity index (χ4v) is 3.51. The van der Waals surface area contributed by atoms with Crippen molar-refractivity contribution in [1.82, 2.24) is 0 Å². The van der Waals surface area contributed by atoms with Gasteiger partial charge in [0.2, 0.25) is 0 Å². The molecule has 1 aliphatic rings. The SMILES string of the molecule is O=C(Nc1ccc2c(c1)N(Cc1ccccc1Cl)C(=O)CO2)c1ccc(Br)cc1. The van der Waals surface area contributed by atoms with E-state index in [1.54, 1.807) is 53.4 Å². The lowest BCUT2D eigenvalue weighted by atomic mass is 10.1. The van der Waals surface area contributed by atoms with Crippen molar-refractivity contribution in [2.24, 2.45) is 0 Å². The van der Waals surface area contributed by atoms with Gasteiger partial charge in [-0.25, -0.2) is 0 Å². The van der Waals surface area contributed by atoms with Crippen LogP contribution >= 0.6 is 27.5 Å². The lowest BCUT2D eigenvalue weighted by molar-refractivity contribution is -0.121. The molecule has 0 fully saturated rings. The summed E-state index contributed by atoms with van der Waals surface area (Å²) in [6, 6.07) is 19.7. The standard InChI is InChI=1S/C22H16BrClN2O3/c23-16-7-5-14(6-8-16)22(28)25-17-9-10-20-19(11-17)26(21(27)13-29-20)12-15-3-1-2-4-18(15)24/h1-11H,12-13H2,(H,25,28). The Kier molecular flexibility index (Phi) is 5.56. The quantitative estimate of drug-likeness (QED) is 0.563. The van der Waals surface area contributed by atoms with Crippen LogP contribution in [0.1, 0.15) is 15.9 Å². The largest absolute Gasteiger partial charge is 0.482 e. The number of benzene rings is 3. The smallest absolute Gasteiger partial charge is 0.265 e. The van der Waals surface area contributed by atoms with Crippen LogP contribution in [-0.2, 0) is 11.3 Å². The third-order valence-corrected chi connectivity index (χ3v) is 5.45. The van der Waals surface area contributed by atoms with Gasteiger partial charge < -0.3 is 15.0 Å². The third kappa shape index (κ3) is 4.28. The lowest BCUT2D eigenvalue weighted by Gasteiger charge is -2.30. The Hall–Kier alpha value is -2.83. The molecule has 0 saturated carbocycles. The summed E-state index contributed by atoms with van der Waals surface area (Å²) in [5.41, 5.74) is 2.53. The highest BCUT2D eigenvalue weighted by molar-refractivity contribution is 9.10. The number of hydrogen-bond donors (Lipinski definition) is 1. The first-order valence-corrected chi connectivity index (χ1v) is 10.1. The summed E-state index contributed by atoms with van der Waals surface area (Å²) >= 11 is 9.62. The van der Waals surface area contributed by atoms with Crippen molar-refractivity contribution in [3.63, 3.8) is 0 Å². The van der Waals surface area contributed by atoms with Gasteiger partial charge in [0, 0.05) is 20.7 Å². The number of nitrogens with zero attached hydrogens (tertiary/aromatic N) is 1. The van der Waals surface area contributed by atoms with E-state index >= 15 is 0 Å². The monoisotopic (exact) mass is 470 g/mol. The van der Waals surface area contributed by atoms with E-state index in [0.29, 0.717) is 34.3 Å². The second-order valence-corrected chi connectivity index (χ2v) is 7.83. The van der Waals surface area contributed by atoms with Crippen LogP contribution in [0.3, 0.4) is 0 Å². The molecule has 2 amide bonds. The Bertz CT molecular complexity index is 1090. The van der Waals surface area contributed by atoms with Gasteiger partial charge >= 0.3 is 0 Å². The van der Waals surface area contributed by atoms with E-state index in [9.17, 15) is 9.59 Å². The zero-order chi connectivity index (χ0) is 20.4. The van der Waals surface area contributed by atoms with E-state index in [2.05, 4.69) is 21.2 Å². The number of fused-ring (bicyclic) bond motifs is 1. The second-order valence-electron chi connectivity index (χ2n) is 6.50. The first-order chi connectivity index (χ1) is 14.0. The summed E-state index contributed by atoms with van der Waals surface area (Å²) in [6.45, 7) is 0.279. The van der Waals surface area contributed by atoms with E-state index < -0.39 is 0 Å². The predicted molar refractivity (Wildman–Crippen MR) is 117 cm³/mol. The number of nitrogens with one attached hydrogen (secondary N) is 1. The molecular formula is C22H16BrClN2O3. The number of amides is 2. The van der Waals surface area contributed by atoms with Crippen molar-refractivity contribution >= 4 is 50.7 Å². The zero-order valence-electron chi connectivity index (χ0n) is 15.2. The van der Waals surface area contributed by atoms with Gasteiger partial charge in [0.1, 0.15) is 5.75 Å². The van der Waals surface area contributed by atoms with Gasteiger partial charge in [0.05, 0.1) is 12.2 Å². The molecule has 1 aliphatic heterocycles. The Labute approximate surface area is 181 Å². The number of rotatable bonds is 4. The van der Waals surface area contributed by atoms with Crippen LogP contribution in [0, 0.1) is 0 Å². The average Bonchev–Trinajstić information content (AvgIpc) is 2.72. The van der Waals surface area contributed by atoms with Gasteiger partial charge in [-0.15, -0.1) is 0 Å². The first kappa shape index (κ1) is 19.5. The number of anilines is 2. The molecule has 0 aliphatic carbocycles. The van der Waals surface area contributed by atoms with Crippen molar-refractivity contribution in [2.45, 2.75) is 6.54 Å². The molecule has 0 radical (unpaired) electrons. The Morgan fingerprint density at radius 2 is 1.86 bits per heavy atom. The van der Waals surface area contributed by atoms with Gasteiger partial charge in [-0.2, -0.15) is 0 Å². The number of hydrogen-bond acceptors (Lipinski definition) is 3. The van der Waals surface area contributed by atoms with E-state index in [-0.39, 0.29) is 18.4 Å². The molecule has 0 saturated heterocycles. The van der Waals surface area contributed by atoms with Gasteiger partial charge in [-0.1, -0.05) is 45.7 Å². The average molecular weight is 472 g/mol. The van der Waals surface area contributed by atoms with E-state index in [1.165, 1.54) is 0 Å². The number of ether oxygens (including phenoxy) is 1. The van der Waals surface area contributed by atoms with Crippen LogP contribution in [0.5, 0.6) is 5.75 Å². The molecule has 3 aromatic carbocycles. The maximum atomic E-state index is 12.5. The number of carbonyl (C=O) groups is 2. The summed E-state index contributed by atoms with van der Waals surface area (Å²) < 4.78 is 6.45. The maximum absolute atomic E-state index is 12.5. The molecule has 0 atom stereocenters. The molecule has 5 nitrogen and oxygen atoms in total. The molecule has 146 valence electrons.